The Labute approximate surface area is 781 Å². The van der Waals surface area contributed by atoms with Gasteiger partial charge in [0, 0.05) is 43.3 Å². The molecule has 4 atom stereocenters. The van der Waals surface area contributed by atoms with Gasteiger partial charge in [-0.3, -0.25) is 18.3 Å². The summed E-state index contributed by atoms with van der Waals surface area (Å²) in [6.07, 6.45) is -0.450. The van der Waals surface area contributed by atoms with Crippen molar-refractivity contribution in [2.75, 3.05) is 0 Å². The Morgan fingerprint density at radius 2 is 0.472 bits per heavy atom. The second kappa shape index (κ2) is 54.4. The summed E-state index contributed by atoms with van der Waals surface area (Å²) < 4.78 is 117. The first-order valence-electron chi connectivity index (χ1n) is 41.0. The normalized spacial score (nSPS) is 13.6. The molecule has 8 aromatic rings. The van der Waals surface area contributed by atoms with Crippen LogP contribution in [0.1, 0.15) is 211 Å². The number of aryl methyl sites for hydroxylation is 8. The third kappa shape index (κ3) is 38.3. The first-order valence-corrected chi connectivity index (χ1v) is 57.8. The molecule has 0 radical (unpaired) electrons. The summed E-state index contributed by atoms with van der Waals surface area (Å²) in [5, 5.41) is 13.0. The fourth-order valence-corrected chi connectivity index (χ4v) is 24.4. The van der Waals surface area contributed by atoms with Crippen molar-refractivity contribution in [1.29, 1.82) is 0 Å². The molecule has 3 N–H and O–H groups in total. The van der Waals surface area contributed by atoms with Gasteiger partial charge >= 0.3 is 0 Å². The molecule has 123 heavy (non-hydrogen) atoms. The van der Waals surface area contributed by atoms with E-state index in [1.54, 1.807) is 77.9 Å². The van der Waals surface area contributed by atoms with Crippen LogP contribution in [0, 0.1) is 55.4 Å². The van der Waals surface area contributed by atoms with E-state index in [-0.39, 0.29) is 88.6 Å². The summed E-state index contributed by atoms with van der Waals surface area (Å²) in [6.45, 7) is 58.8. The molecule has 0 saturated carbocycles. The van der Waals surface area contributed by atoms with E-state index in [9.17, 15) is 28.0 Å². The summed E-state index contributed by atoms with van der Waals surface area (Å²) in [4.78, 5) is 21.2. The molecule has 0 spiro atoms. The summed E-state index contributed by atoms with van der Waals surface area (Å²) in [5.41, 5.74) is 6.61. The van der Waals surface area contributed by atoms with Crippen LogP contribution in [0.15, 0.2) is 146 Å². The molecule has 0 aromatic heterocycles. The second-order valence-corrected chi connectivity index (χ2v) is 56.7. The number of alkyl halides is 1. The van der Waals surface area contributed by atoms with Gasteiger partial charge in [-0.15, -0.1) is 12.4 Å². The number of ether oxygens (including phenoxy) is 4. The van der Waals surface area contributed by atoms with Crippen LogP contribution in [-0.2, 0) is 45.4 Å². The molecule has 8 rings (SSSR count). The lowest BCUT2D eigenvalue weighted by Gasteiger charge is -2.29. The monoisotopic (exact) mass is 2060 g/mol. The quantitative estimate of drug-likeness (QED) is 0.0203. The molecule has 0 aliphatic rings. The number of aliphatic hydroxyl groups is 1. The van der Waals surface area contributed by atoms with Crippen LogP contribution in [0.25, 0.3) is 0 Å². The van der Waals surface area contributed by atoms with Crippen molar-refractivity contribution in [2.45, 2.75) is 291 Å². The Hall–Kier alpha value is -2.58. The van der Waals surface area contributed by atoms with Gasteiger partial charge < -0.3 is 61.0 Å². The highest BCUT2D eigenvalue weighted by atomic mass is 127. The van der Waals surface area contributed by atoms with Crippen molar-refractivity contribution in [3.63, 3.8) is 0 Å². The van der Waals surface area contributed by atoms with E-state index in [0.29, 0.717) is 33.6 Å². The summed E-state index contributed by atoms with van der Waals surface area (Å²) in [7, 11) is -16.4. The lowest BCUT2D eigenvalue weighted by molar-refractivity contribution is 0.183. The van der Waals surface area contributed by atoms with Crippen LogP contribution >= 0.6 is 139 Å². The van der Waals surface area contributed by atoms with E-state index in [1.807, 2.05) is 249 Å². The minimum atomic E-state index is -3.66. The van der Waals surface area contributed by atoms with E-state index < -0.39 is 70.8 Å². The molecule has 0 aliphatic carbocycles. The van der Waals surface area contributed by atoms with Crippen molar-refractivity contribution < 1.29 is 79.2 Å². The van der Waals surface area contributed by atoms with Gasteiger partial charge in [0.2, 0.25) is 46.2 Å². The highest BCUT2D eigenvalue weighted by Crippen LogP contribution is 2.58. The zero-order valence-corrected chi connectivity index (χ0v) is 90.9. The first-order chi connectivity index (χ1) is 56.4. The fourth-order valence-electron chi connectivity index (χ4n) is 10.9. The fraction of sp³-hybridized carbons (Fsp3) is 0.478. The topological polar surface area (TPSA) is 221 Å². The molecule has 688 valence electrons. The van der Waals surface area contributed by atoms with Gasteiger partial charge in [-0.1, -0.05) is 230 Å². The molecule has 0 heterocycles. The van der Waals surface area contributed by atoms with Gasteiger partial charge in [0.05, 0.1) is 68.5 Å². The van der Waals surface area contributed by atoms with Gasteiger partial charge in [0.15, 0.2) is 0 Å². The predicted octanol–water partition coefficient (Wildman–Crippen LogP) is 29.5. The van der Waals surface area contributed by atoms with Crippen molar-refractivity contribution in [1.82, 2.24) is 0 Å². The Balaban J connectivity index is 0.000000543. The smallest absolute Gasteiger partial charge is 0.238 e. The first kappa shape index (κ1) is 116. The molecule has 0 amide bonds. The summed E-state index contributed by atoms with van der Waals surface area (Å²) in [6, 6.07) is 45.1. The van der Waals surface area contributed by atoms with Gasteiger partial charge in [-0.05, 0) is 249 Å². The molecule has 0 saturated heterocycles. The van der Waals surface area contributed by atoms with E-state index >= 15 is 0 Å². The van der Waals surface area contributed by atoms with E-state index in [2.05, 4.69) is 62.4 Å². The van der Waals surface area contributed by atoms with Gasteiger partial charge in [0.1, 0.15) is 59.3 Å². The lowest BCUT2D eigenvalue weighted by Crippen LogP contribution is -2.22. The maximum absolute atomic E-state index is 14.1. The van der Waals surface area contributed by atoms with Crippen LogP contribution in [0.3, 0.4) is 0 Å². The van der Waals surface area contributed by atoms with Gasteiger partial charge in [-0.2, -0.15) is 0 Å². The third-order valence-electron chi connectivity index (χ3n) is 16.6. The number of hydrogen-bond acceptors (Lipinski definition) is 15. The van der Waals surface area contributed by atoms with E-state index in [0.717, 1.165) is 81.1 Å². The molecule has 0 fully saturated rings. The Kier molecular flexibility index (Phi) is 51.5. The van der Waals surface area contributed by atoms with Crippen molar-refractivity contribution in [2.24, 2.45) is 0 Å². The van der Waals surface area contributed by atoms with Crippen molar-refractivity contribution in [3.05, 3.63) is 190 Å². The van der Waals surface area contributed by atoms with Gasteiger partial charge in [0.25, 0.3) is 0 Å². The van der Waals surface area contributed by atoms with E-state index in [1.165, 1.54) is 0 Å². The largest absolute Gasteiger partial charge is 0.456 e. The Morgan fingerprint density at radius 3 is 0.667 bits per heavy atom. The van der Waals surface area contributed by atoms with Crippen LogP contribution in [0.4, 0.5) is 0 Å². The number of rotatable bonds is 32. The predicted molar refractivity (Wildman–Crippen MR) is 544 cm³/mol. The number of benzene rings is 8. The van der Waals surface area contributed by atoms with Crippen LogP contribution in [-0.4, -0.2) is 84.2 Å². The molecule has 31 heteroatoms. The number of hydrogen-bond donors (Lipinski definition) is 3. The highest BCUT2D eigenvalue weighted by Gasteiger charge is 2.39. The maximum atomic E-state index is 14.1. The number of halogens is 6. The van der Waals surface area contributed by atoms with Crippen LogP contribution in [0.2, 0.25) is 0 Å². The zero-order valence-electron chi connectivity index (χ0n) is 77.7. The molecule has 0 bridgehead atoms. The molecule has 0 aliphatic heterocycles. The lowest BCUT2D eigenvalue weighted by atomic mass is 10.2. The van der Waals surface area contributed by atoms with Gasteiger partial charge in [-0.25, -0.2) is 0 Å². The standard InChI is InChI=1S/2C26H40O5P2.C20H28O5P2.C14H12Cl4OP2.C3H7I.C3H8O.ClH/c1-17(2)30-32(27,19(5)6)25-15-21(9)11-13-23(25)29-24-14-12-22(10)16-26(24)33(28,20(7)8)31-18(3)4;1-17(2)28-32(29-18(3)4)25-15-21(9)11-13-23(25)27-24-14-12-22(10)16-26(24)33(30-19(5)6)31-20(7)8;1-13(2)26(21,22)19-11-15(5)7-9-17(19)25-18-10-8-16(6)12-20(18)27(23,24)14(3)4;1-9-3-5-11(13(7-9)20(15)16)19-12-6-4-10(2)8-14(12)21(17)18;2*1-3(2)4;/h2*11-20H,1-10H3;7-14H,1-6H3,(H,21,22)(H,23,24);3-8H,1-2H3;3H,1-2H3;3-4H,1-2H3;1H. The molecule has 17 nitrogen and oxygen atoms in total. The van der Waals surface area contributed by atoms with Crippen molar-refractivity contribution in [3.8, 4) is 46.0 Å². The SMILES string of the molecule is CC(C)I.CC(C)O.Cc1ccc(Oc2ccc(C)cc2P(=O)(O)C(C)C)c(P(=O)(O)C(C)C)c1.Cc1ccc(Oc2ccc(C)cc2P(=O)(OC(C)C)C(C)C)c(P(=O)(OC(C)C)C(C)C)c1.Cc1ccc(Oc2ccc(C)cc2P(Cl)Cl)c(P(Cl)Cl)c1.Cc1ccc(Oc2ccc(C)cc2P(OC(C)C)OC(C)C)c(P(OC(C)C)OC(C)C)c1.Cl. The summed E-state index contributed by atoms with van der Waals surface area (Å²) in [5.74, 6) is 4.07. The average Bonchev–Trinajstić information content (AvgIpc) is 0.721. The molecular formula is C92H136Cl5IO17P8. The average molecular weight is 2070 g/mol. The summed E-state index contributed by atoms with van der Waals surface area (Å²) >= 11 is 26.6. The zero-order chi connectivity index (χ0) is 93.1. The molecular weight excluding hydrogens is 1930 g/mol. The highest BCUT2D eigenvalue weighted by molar-refractivity contribution is 14.1. The maximum Gasteiger partial charge on any atom is 0.238 e. The Morgan fingerprint density at radius 1 is 0.293 bits per heavy atom. The second-order valence-electron chi connectivity index (χ2n) is 33.0. The third-order valence-corrected chi connectivity index (χ3v) is 35.3. The van der Waals surface area contributed by atoms with Crippen LogP contribution in [0.5, 0.6) is 46.0 Å². The minimum Gasteiger partial charge on any atom is -0.456 e. The van der Waals surface area contributed by atoms with E-state index in [4.69, 9.17) is 96.2 Å². The Bertz CT molecular complexity index is 4500. The van der Waals surface area contributed by atoms with Crippen molar-refractivity contribution >= 4 is 182 Å². The molecule has 4 unspecified atom stereocenters. The minimum absolute atomic E-state index is 0. The molecule has 8 aromatic carbocycles. The van der Waals surface area contributed by atoms with Crippen LogP contribution < -0.4 is 61.4 Å². The number of aliphatic hydroxyl groups excluding tert-OH is 1.